The zero-order valence-electron chi connectivity index (χ0n) is 9.84. The Labute approximate surface area is 109 Å². The Kier molecular flexibility index (Phi) is 3.91. The first-order valence-corrected chi connectivity index (χ1v) is 6.21. The highest BCUT2D eigenvalue weighted by atomic mass is 32.1. The Hall–Kier alpha value is -1.92. The predicted octanol–water partition coefficient (Wildman–Crippen LogP) is 1.72. The van der Waals surface area contributed by atoms with Gasteiger partial charge in [-0.1, -0.05) is 12.1 Å². The van der Waals surface area contributed by atoms with Crippen molar-refractivity contribution in [1.82, 2.24) is 4.98 Å². The summed E-state index contributed by atoms with van der Waals surface area (Å²) in [4.78, 5) is 15.5. The summed E-state index contributed by atoms with van der Waals surface area (Å²) < 4.78 is 5.15. The van der Waals surface area contributed by atoms with Gasteiger partial charge < -0.3 is 15.8 Å². The molecule has 1 amide bonds. The maximum absolute atomic E-state index is 11.1. The lowest BCUT2D eigenvalue weighted by atomic mass is 10.2. The summed E-state index contributed by atoms with van der Waals surface area (Å²) >= 11 is 1.36. The SMILES string of the molecule is COc1cccc(-c2csc(NC(=O)CN)n2)c1. The van der Waals surface area contributed by atoms with Gasteiger partial charge in [-0.3, -0.25) is 4.79 Å². The van der Waals surface area contributed by atoms with E-state index in [1.54, 1.807) is 7.11 Å². The van der Waals surface area contributed by atoms with Crippen LogP contribution in [0, 0.1) is 0 Å². The van der Waals surface area contributed by atoms with Gasteiger partial charge in [-0.25, -0.2) is 4.98 Å². The molecule has 0 atom stereocenters. The standard InChI is InChI=1S/C12H13N3O2S/c1-17-9-4-2-3-8(5-9)10-7-18-12(14-10)15-11(16)6-13/h2-5,7H,6,13H2,1H3,(H,14,15,16). The van der Waals surface area contributed by atoms with Crippen LogP contribution in [0.4, 0.5) is 5.13 Å². The number of methoxy groups -OCH3 is 1. The van der Waals surface area contributed by atoms with E-state index in [1.165, 1.54) is 11.3 Å². The molecule has 0 fully saturated rings. The lowest BCUT2D eigenvalue weighted by Gasteiger charge is -2.01. The lowest BCUT2D eigenvalue weighted by Crippen LogP contribution is -2.21. The molecule has 0 aliphatic heterocycles. The monoisotopic (exact) mass is 263 g/mol. The summed E-state index contributed by atoms with van der Waals surface area (Å²) in [6, 6.07) is 7.59. The molecule has 2 aromatic rings. The third-order valence-electron chi connectivity index (χ3n) is 2.30. The number of carbonyl (C=O) groups excluding carboxylic acids is 1. The van der Waals surface area contributed by atoms with Crippen LogP contribution >= 0.6 is 11.3 Å². The van der Waals surface area contributed by atoms with E-state index >= 15 is 0 Å². The molecule has 0 aliphatic carbocycles. The van der Waals surface area contributed by atoms with Crippen LogP contribution < -0.4 is 15.8 Å². The maximum Gasteiger partial charge on any atom is 0.239 e. The van der Waals surface area contributed by atoms with Crippen molar-refractivity contribution in [3.63, 3.8) is 0 Å². The van der Waals surface area contributed by atoms with Crippen molar-refractivity contribution in [1.29, 1.82) is 0 Å². The van der Waals surface area contributed by atoms with Gasteiger partial charge in [-0.15, -0.1) is 11.3 Å². The zero-order valence-corrected chi connectivity index (χ0v) is 10.7. The minimum absolute atomic E-state index is 0.0475. The zero-order chi connectivity index (χ0) is 13.0. The highest BCUT2D eigenvalue weighted by Crippen LogP contribution is 2.27. The van der Waals surface area contributed by atoms with Crippen molar-refractivity contribution in [3.8, 4) is 17.0 Å². The van der Waals surface area contributed by atoms with Gasteiger partial charge >= 0.3 is 0 Å². The summed E-state index contributed by atoms with van der Waals surface area (Å²) in [5.74, 6) is 0.523. The Morgan fingerprint density at radius 1 is 1.56 bits per heavy atom. The first kappa shape index (κ1) is 12.5. The van der Waals surface area contributed by atoms with Crippen LogP contribution in [0.2, 0.25) is 0 Å². The molecule has 0 spiro atoms. The summed E-state index contributed by atoms with van der Waals surface area (Å²) in [7, 11) is 1.62. The number of hydrogen-bond acceptors (Lipinski definition) is 5. The number of aromatic nitrogens is 1. The molecule has 2 rings (SSSR count). The van der Waals surface area contributed by atoms with Gasteiger partial charge in [-0.2, -0.15) is 0 Å². The third kappa shape index (κ3) is 2.85. The van der Waals surface area contributed by atoms with Crippen LogP contribution in [-0.4, -0.2) is 24.5 Å². The number of ether oxygens (including phenoxy) is 1. The molecule has 94 valence electrons. The number of amides is 1. The van der Waals surface area contributed by atoms with Crippen molar-refractivity contribution < 1.29 is 9.53 Å². The van der Waals surface area contributed by atoms with E-state index < -0.39 is 0 Å². The maximum atomic E-state index is 11.1. The van der Waals surface area contributed by atoms with Crippen molar-refractivity contribution >= 4 is 22.4 Å². The van der Waals surface area contributed by atoms with E-state index in [9.17, 15) is 4.79 Å². The average molecular weight is 263 g/mol. The number of anilines is 1. The molecular weight excluding hydrogens is 250 g/mol. The summed E-state index contributed by atoms with van der Waals surface area (Å²) in [6.07, 6.45) is 0. The quantitative estimate of drug-likeness (QED) is 0.880. The van der Waals surface area contributed by atoms with Crippen LogP contribution in [0.25, 0.3) is 11.3 Å². The highest BCUT2D eigenvalue weighted by molar-refractivity contribution is 7.14. The molecular formula is C12H13N3O2S. The summed E-state index contributed by atoms with van der Waals surface area (Å²) in [5.41, 5.74) is 6.96. The van der Waals surface area contributed by atoms with E-state index in [2.05, 4.69) is 10.3 Å². The largest absolute Gasteiger partial charge is 0.497 e. The van der Waals surface area contributed by atoms with Gasteiger partial charge in [-0.05, 0) is 12.1 Å². The van der Waals surface area contributed by atoms with Crippen LogP contribution in [0.15, 0.2) is 29.6 Å². The summed E-state index contributed by atoms with van der Waals surface area (Å²) in [6.45, 7) is -0.0475. The van der Waals surface area contributed by atoms with Crippen molar-refractivity contribution in [2.45, 2.75) is 0 Å². The molecule has 3 N–H and O–H groups in total. The van der Waals surface area contributed by atoms with Gasteiger partial charge in [0.2, 0.25) is 5.91 Å². The molecule has 1 aromatic carbocycles. The molecule has 0 saturated carbocycles. The normalized spacial score (nSPS) is 10.1. The molecule has 5 nitrogen and oxygen atoms in total. The molecule has 1 aromatic heterocycles. The topological polar surface area (TPSA) is 77.2 Å². The molecule has 0 unspecified atom stereocenters. The van der Waals surface area contributed by atoms with Crippen LogP contribution in [0.5, 0.6) is 5.75 Å². The third-order valence-corrected chi connectivity index (χ3v) is 3.06. The fourth-order valence-electron chi connectivity index (χ4n) is 1.42. The van der Waals surface area contributed by atoms with E-state index in [1.807, 2.05) is 29.6 Å². The first-order valence-electron chi connectivity index (χ1n) is 5.33. The van der Waals surface area contributed by atoms with Gasteiger partial charge in [0.05, 0.1) is 19.3 Å². The Morgan fingerprint density at radius 3 is 3.11 bits per heavy atom. The second-order valence-electron chi connectivity index (χ2n) is 3.52. The van der Waals surface area contributed by atoms with Crippen LogP contribution in [0.1, 0.15) is 0 Å². The highest BCUT2D eigenvalue weighted by Gasteiger charge is 2.07. The second-order valence-corrected chi connectivity index (χ2v) is 4.38. The molecule has 0 aliphatic rings. The average Bonchev–Trinajstić information content (AvgIpc) is 2.87. The second kappa shape index (κ2) is 5.61. The minimum atomic E-state index is -0.249. The number of rotatable bonds is 4. The Balaban J connectivity index is 2.20. The lowest BCUT2D eigenvalue weighted by molar-refractivity contribution is -0.114. The number of nitrogens with zero attached hydrogens (tertiary/aromatic N) is 1. The number of thiazole rings is 1. The first-order chi connectivity index (χ1) is 8.72. The molecule has 1 heterocycles. The van der Waals surface area contributed by atoms with Gasteiger partial charge in [0.1, 0.15) is 5.75 Å². The number of nitrogens with two attached hydrogens (primary N) is 1. The molecule has 6 heteroatoms. The van der Waals surface area contributed by atoms with Crippen molar-refractivity contribution in [3.05, 3.63) is 29.6 Å². The van der Waals surface area contributed by atoms with Gasteiger partial charge in [0, 0.05) is 10.9 Å². The predicted molar refractivity (Wildman–Crippen MR) is 71.8 cm³/mol. The smallest absolute Gasteiger partial charge is 0.239 e. The van der Waals surface area contributed by atoms with Gasteiger partial charge in [0.25, 0.3) is 0 Å². The molecule has 18 heavy (non-hydrogen) atoms. The molecule has 0 saturated heterocycles. The molecule has 0 bridgehead atoms. The van der Waals surface area contributed by atoms with E-state index in [0.717, 1.165) is 17.0 Å². The fourth-order valence-corrected chi connectivity index (χ4v) is 2.15. The van der Waals surface area contributed by atoms with E-state index in [4.69, 9.17) is 10.5 Å². The molecule has 0 radical (unpaired) electrons. The minimum Gasteiger partial charge on any atom is -0.497 e. The van der Waals surface area contributed by atoms with Crippen LogP contribution in [-0.2, 0) is 4.79 Å². The number of nitrogens with one attached hydrogen (secondary N) is 1. The van der Waals surface area contributed by atoms with Gasteiger partial charge in [0.15, 0.2) is 5.13 Å². The van der Waals surface area contributed by atoms with E-state index in [-0.39, 0.29) is 12.5 Å². The number of hydrogen-bond donors (Lipinski definition) is 2. The number of benzene rings is 1. The van der Waals surface area contributed by atoms with Crippen molar-refractivity contribution in [2.24, 2.45) is 5.73 Å². The number of carbonyl (C=O) groups is 1. The van der Waals surface area contributed by atoms with Crippen molar-refractivity contribution in [2.75, 3.05) is 19.0 Å². The fraction of sp³-hybridized carbons (Fsp3) is 0.167. The Bertz CT molecular complexity index is 554. The Morgan fingerprint density at radius 2 is 2.39 bits per heavy atom. The van der Waals surface area contributed by atoms with E-state index in [0.29, 0.717) is 5.13 Å². The van der Waals surface area contributed by atoms with Crippen LogP contribution in [0.3, 0.4) is 0 Å². The summed E-state index contributed by atoms with van der Waals surface area (Å²) in [5, 5.41) is 5.04.